The molecule has 98 valence electrons. The van der Waals surface area contributed by atoms with E-state index in [1.165, 1.54) is 0 Å². The summed E-state index contributed by atoms with van der Waals surface area (Å²) in [6, 6.07) is 5.59. The Morgan fingerprint density at radius 1 is 1.33 bits per heavy atom. The van der Waals surface area contributed by atoms with E-state index >= 15 is 0 Å². The van der Waals surface area contributed by atoms with Gasteiger partial charge in [-0.3, -0.25) is 4.79 Å². The van der Waals surface area contributed by atoms with Gasteiger partial charge in [-0.15, -0.1) is 12.6 Å². The Kier molecular flexibility index (Phi) is 4.07. The van der Waals surface area contributed by atoms with Crippen molar-refractivity contribution in [3.63, 3.8) is 0 Å². The van der Waals surface area contributed by atoms with Crippen LogP contribution in [0.5, 0.6) is 0 Å². The van der Waals surface area contributed by atoms with Gasteiger partial charge < -0.3 is 4.90 Å². The zero-order chi connectivity index (χ0) is 13.3. The summed E-state index contributed by atoms with van der Waals surface area (Å²) in [6.45, 7) is 6.21. The lowest BCUT2D eigenvalue weighted by atomic mass is 9.82. The molecule has 0 saturated carbocycles. The standard InChI is InChI=1S/C14H18BrNOS/c1-14(2)5-7-16(8-6-14)13(17)11-9-10(18)3-4-12(11)15/h3-4,9,18H,5-8H2,1-2H3. The third kappa shape index (κ3) is 3.09. The van der Waals surface area contributed by atoms with Crippen LogP contribution in [0.3, 0.4) is 0 Å². The molecule has 0 N–H and O–H groups in total. The lowest BCUT2D eigenvalue weighted by molar-refractivity contribution is 0.0629. The zero-order valence-corrected chi connectivity index (χ0v) is 13.2. The smallest absolute Gasteiger partial charge is 0.255 e. The molecule has 0 aliphatic carbocycles. The third-order valence-electron chi connectivity index (χ3n) is 3.58. The van der Waals surface area contributed by atoms with Crippen LogP contribution < -0.4 is 0 Å². The van der Waals surface area contributed by atoms with E-state index < -0.39 is 0 Å². The summed E-state index contributed by atoms with van der Waals surface area (Å²) in [6.07, 6.45) is 2.13. The van der Waals surface area contributed by atoms with Crippen LogP contribution in [0.2, 0.25) is 0 Å². The molecule has 2 nitrogen and oxygen atoms in total. The van der Waals surface area contributed by atoms with E-state index in [0.29, 0.717) is 11.0 Å². The predicted molar refractivity (Wildman–Crippen MR) is 80.3 cm³/mol. The Labute approximate surface area is 122 Å². The Morgan fingerprint density at radius 3 is 2.56 bits per heavy atom. The number of hydrogen-bond donors (Lipinski definition) is 1. The van der Waals surface area contributed by atoms with Crippen molar-refractivity contribution in [3.8, 4) is 0 Å². The number of amides is 1. The first-order valence-electron chi connectivity index (χ1n) is 6.17. The molecule has 4 heteroatoms. The van der Waals surface area contributed by atoms with Gasteiger partial charge in [0.25, 0.3) is 5.91 Å². The van der Waals surface area contributed by atoms with Crippen molar-refractivity contribution >= 4 is 34.5 Å². The number of piperidine rings is 1. The summed E-state index contributed by atoms with van der Waals surface area (Å²) in [7, 11) is 0. The molecule has 0 atom stereocenters. The fourth-order valence-electron chi connectivity index (χ4n) is 2.16. The van der Waals surface area contributed by atoms with Gasteiger partial charge in [0, 0.05) is 22.5 Å². The van der Waals surface area contributed by atoms with Gasteiger partial charge >= 0.3 is 0 Å². The van der Waals surface area contributed by atoms with Gasteiger partial charge in [0.05, 0.1) is 5.56 Å². The molecule has 0 radical (unpaired) electrons. The van der Waals surface area contributed by atoms with Crippen LogP contribution in [0.15, 0.2) is 27.6 Å². The second-order valence-electron chi connectivity index (χ2n) is 5.62. The van der Waals surface area contributed by atoms with Crippen LogP contribution in [-0.4, -0.2) is 23.9 Å². The summed E-state index contributed by atoms with van der Waals surface area (Å²) in [5.74, 6) is 0.105. The molecule has 1 aliphatic heterocycles. The van der Waals surface area contributed by atoms with Gasteiger partial charge in [0.15, 0.2) is 0 Å². The number of nitrogens with zero attached hydrogens (tertiary/aromatic N) is 1. The number of rotatable bonds is 1. The Hall–Kier alpha value is -0.480. The minimum atomic E-state index is 0.105. The molecule has 1 heterocycles. The topological polar surface area (TPSA) is 20.3 Å². The van der Waals surface area contributed by atoms with E-state index in [1.807, 2.05) is 23.1 Å². The van der Waals surface area contributed by atoms with Crippen molar-refractivity contribution in [2.45, 2.75) is 31.6 Å². The van der Waals surface area contributed by atoms with Crippen molar-refractivity contribution in [2.75, 3.05) is 13.1 Å². The molecular weight excluding hydrogens is 310 g/mol. The summed E-state index contributed by atoms with van der Waals surface area (Å²) in [5, 5.41) is 0. The number of thiol groups is 1. The van der Waals surface area contributed by atoms with Crippen molar-refractivity contribution < 1.29 is 4.79 Å². The summed E-state index contributed by atoms with van der Waals surface area (Å²) < 4.78 is 0.843. The number of carbonyl (C=O) groups is 1. The minimum absolute atomic E-state index is 0.105. The van der Waals surface area contributed by atoms with Crippen molar-refractivity contribution in [1.82, 2.24) is 4.90 Å². The maximum atomic E-state index is 12.4. The summed E-state index contributed by atoms with van der Waals surface area (Å²) in [5.41, 5.74) is 1.07. The molecule has 1 saturated heterocycles. The van der Waals surface area contributed by atoms with Crippen LogP contribution in [0.25, 0.3) is 0 Å². The SMILES string of the molecule is CC1(C)CCN(C(=O)c2cc(S)ccc2Br)CC1. The molecule has 1 aliphatic rings. The first-order valence-corrected chi connectivity index (χ1v) is 7.41. The van der Waals surface area contributed by atoms with Crippen LogP contribution in [0.4, 0.5) is 0 Å². The number of halogens is 1. The highest BCUT2D eigenvalue weighted by Crippen LogP contribution is 2.31. The van der Waals surface area contributed by atoms with Gasteiger partial charge in [-0.1, -0.05) is 13.8 Å². The van der Waals surface area contributed by atoms with Gasteiger partial charge in [0.1, 0.15) is 0 Å². The number of benzene rings is 1. The minimum Gasteiger partial charge on any atom is -0.339 e. The van der Waals surface area contributed by atoms with E-state index in [1.54, 1.807) is 0 Å². The molecule has 0 spiro atoms. The molecular formula is C14H18BrNOS. The second kappa shape index (κ2) is 5.25. The fraction of sp³-hybridized carbons (Fsp3) is 0.500. The number of carbonyl (C=O) groups excluding carboxylic acids is 1. The monoisotopic (exact) mass is 327 g/mol. The maximum Gasteiger partial charge on any atom is 0.255 e. The third-order valence-corrected chi connectivity index (χ3v) is 4.55. The van der Waals surface area contributed by atoms with Gasteiger partial charge in [-0.2, -0.15) is 0 Å². The Morgan fingerprint density at radius 2 is 1.94 bits per heavy atom. The Balaban J connectivity index is 2.15. The number of likely N-dealkylation sites (tertiary alicyclic amines) is 1. The van der Waals surface area contributed by atoms with Crippen LogP contribution in [0, 0.1) is 5.41 Å². The average molecular weight is 328 g/mol. The molecule has 2 rings (SSSR count). The molecule has 18 heavy (non-hydrogen) atoms. The highest BCUT2D eigenvalue weighted by molar-refractivity contribution is 9.10. The van der Waals surface area contributed by atoms with Crippen LogP contribution >= 0.6 is 28.6 Å². The van der Waals surface area contributed by atoms with Gasteiger partial charge in [-0.05, 0) is 52.4 Å². The average Bonchev–Trinajstić information content (AvgIpc) is 2.31. The van der Waals surface area contributed by atoms with Crippen LogP contribution in [-0.2, 0) is 0 Å². The number of hydrogen-bond acceptors (Lipinski definition) is 2. The summed E-state index contributed by atoms with van der Waals surface area (Å²) >= 11 is 7.73. The maximum absolute atomic E-state index is 12.4. The molecule has 0 bridgehead atoms. The molecule has 1 aromatic rings. The molecule has 0 aromatic heterocycles. The van der Waals surface area contributed by atoms with Crippen molar-refractivity contribution in [2.24, 2.45) is 5.41 Å². The molecule has 1 aromatic carbocycles. The van der Waals surface area contributed by atoms with E-state index in [9.17, 15) is 4.79 Å². The molecule has 1 amide bonds. The normalized spacial score (nSPS) is 18.8. The first-order chi connectivity index (χ1) is 8.39. The second-order valence-corrected chi connectivity index (χ2v) is 6.99. The highest BCUT2D eigenvalue weighted by Gasteiger charge is 2.28. The molecule has 0 unspecified atom stereocenters. The van der Waals surface area contributed by atoms with E-state index in [-0.39, 0.29) is 5.91 Å². The fourth-order valence-corrected chi connectivity index (χ4v) is 2.78. The van der Waals surface area contributed by atoms with E-state index in [2.05, 4.69) is 42.4 Å². The Bertz CT molecular complexity index is 463. The predicted octanol–water partition coefficient (Wildman–Crippen LogP) is 4.00. The first kappa shape index (κ1) is 13.9. The lowest BCUT2D eigenvalue weighted by Gasteiger charge is -2.37. The van der Waals surface area contributed by atoms with Gasteiger partial charge in [-0.25, -0.2) is 0 Å². The highest BCUT2D eigenvalue weighted by atomic mass is 79.9. The van der Waals surface area contributed by atoms with E-state index in [4.69, 9.17) is 0 Å². The van der Waals surface area contributed by atoms with E-state index in [0.717, 1.165) is 35.3 Å². The summed E-state index contributed by atoms with van der Waals surface area (Å²) in [4.78, 5) is 15.2. The van der Waals surface area contributed by atoms with Gasteiger partial charge in [0.2, 0.25) is 0 Å². The largest absolute Gasteiger partial charge is 0.339 e. The van der Waals surface area contributed by atoms with Crippen molar-refractivity contribution in [3.05, 3.63) is 28.2 Å². The van der Waals surface area contributed by atoms with Crippen molar-refractivity contribution in [1.29, 1.82) is 0 Å². The zero-order valence-electron chi connectivity index (χ0n) is 10.7. The quantitative estimate of drug-likeness (QED) is 0.773. The molecule has 1 fully saturated rings. The lowest BCUT2D eigenvalue weighted by Crippen LogP contribution is -2.41. The van der Waals surface area contributed by atoms with Crippen LogP contribution in [0.1, 0.15) is 37.0 Å².